The molecule has 3 aromatic carbocycles. The summed E-state index contributed by atoms with van der Waals surface area (Å²) in [6.45, 7) is 2.93. The molecule has 0 spiro atoms. The number of rotatable bonds is 6. The highest BCUT2D eigenvalue weighted by Gasteiger charge is 2.32. The van der Waals surface area contributed by atoms with Gasteiger partial charge >= 0.3 is 0 Å². The molecule has 0 unspecified atom stereocenters. The summed E-state index contributed by atoms with van der Waals surface area (Å²) in [7, 11) is -4.02. The summed E-state index contributed by atoms with van der Waals surface area (Å²) < 4.78 is 29.3. The molecule has 1 heterocycles. The number of fused-ring (bicyclic) bond motifs is 1. The van der Waals surface area contributed by atoms with Crippen molar-refractivity contribution in [1.82, 2.24) is 14.5 Å². The van der Waals surface area contributed by atoms with Crippen molar-refractivity contribution in [2.24, 2.45) is 0 Å². The van der Waals surface area contributed by atoms with Crippen LogP contribution in [0.2, 0.25) is 0 Å². The molecule has 3 aromatic rings. The number of hydrogen-bond donors (Lipinski definition) is 1. The van der Waals surface area contributed by atoms with Gasteiger partial charge in [0.1, 0.15) is 6.04 Å². The van der Waals surface area contributed by atoms with Crippen LogP contribution in [0.15, 0.2) is 71.6 Å². The van der Waals surface area contributed by atoms with Gasteiger partial charge < -0.3 is 9.80 Å². The maximum absolute atomic E-state index is 13.5. The number of benzene rings is 3. The molecule has 0 saturated carbocycles. The lowest BCUT2D eigenvalue weighted by Gasteiger charge is -2.36. The smallest absolute Gasteiger partial charge is 0.241 e. The van der Waals surface area contributed by atoms with Crippen molar-refractivity contribution in [2.45, 2.75) is 24.3 Å². The van der Waals surface area contributed by atoms with Gasteiger partial charge in [0.25, 0.3) is 0 Å². The summed E-state index contributed by atoms with van der Waals surface area (Å²) in [6, 6.07) is 20.1. The van der Waals surface area contributed by atoms with Crippen LogP contribution in [0.25, 0.3) is 10.8 Å². The zero-order valence-corrected chi connectivity index (χ0v) is 20.2. The first-order chi connectivity index (χ1) is 16.8. The first-order valence-corrected chi connectivity index (χ1v) is 12.8. The minimum atomic E-state index is -4.02. The SMILES string of the molecule is CC(=O)N1CCN(C(=O)[C@@H](Cc2cccc(C#N)c2)NS(=O)(=O)c2ccc3ccccc3c2)CC1. The average molecular weight is 491 g/mol. The van der Waals surface area contributed by atoms with Crippen molar-refractivity contribution in [3.63, 3.8) is 0 Å². The lowest BCUT2D eigenvalue weighted by molar-refractivity contribution is -0.139. The van der Waals surface area contributed by atoms with E-state index < -0.39 is 16.1 Å². The number of nitrogens with zero attached hydrogens (tertiary/aromatic N) is 3. The normalized spacial score (nSPS) is 15.0. The van der Waals surface area contributed by atoms with Gasteiger partial charge in [-0.2, -0.15) is 9.98 Å². The number of carbonyl (C=O) groups excluding carboxylic acids is 2. The van der Waals surface area contributed by atoms with E-state index in [2.05, 4.69) is 10.8 Å². The molecule has 0 aromatic heterocycles. The van der Waals surface area contributed by atoms with E-state index in [1.165, 1.54) is 13.0 Å². The molecule has 1 aliphatic rings. The van der Waals surface area contributed by atoms with E-state index in [1.807, 2.05) is 24.3 Å². The monoisotopic (exact) mass is 490 g/mol. The maximum Gasteiger partial charge on any atom is 0.241 e. The van der Waals surface area contributed by atoms with Gasteiger partial charge in [-0.3, -0.25) is 9.59 Å². The van der Waals surface area contributed by atoms with Gasteiger partial charge in [-0.05, 0) is 47.0 Å². The van der Waals surface area contributed by atoms with Crippen LogP contribution in [0.1, 0.15) is 18.1 Å². The van der Waals surface area contributed by atoms with Crippen LogP contribution >= 0.6 is 0 Å². The summed E-state index contributed by atoms with van der Waals surface area (Å²) in [5.74, 6) is -0.418. The van der Waals surface area contributed by atoms with Crippen molar-refractivity contribution in [3.05, 3.63) is 77.9 Å². The van der Waals surface area contributed by atoms with Crippen molar-refractivity contribution < 1.29 is 18.0 Å². The van der Waals surface area contributed by atoms with Gasteiger partial charge in [-0.15, -0.1) is 0 Å². The molecule has 1 fully saturated rings. The molecule has 1 atom stereocenters. The Bertz CT molecular complexity index is 1410. The highest BCUT2D eigenvalue weighted by atomic mass is 32.2. The largest absolute Gasteiger partial charge is 0.339 e. The van der Waals surface area contributed by atoms with Gasteiger partial charge in [0, 0.05) is 33.1 Å². The van der Waals surface area contributed by atoms with Crippen molar-refractivity contribution >= 4 is 32.6 Å². The maximum atomic E-state index is 13.5. The molecule has 180 valence electrons. The lowest BCUT2D eigenvalue weighted by Crippen LogP contribution is -2.56. The van der Waals surface area contributed by atoms with E-state index in [-0.39, 0.29) is 23.1 Å². The average Bonchev–Trinajstić information content (AvgIpc) is 2.87. The fraction of sp³-hybridized carbons (Fsp3) is 0.269. The summed E-state index contributed by atoms with van der Waals surface area (Å²) in [6.07, 6.45) is 0.0914. The number of sulfonamides is 1. The Hall–Kier alpha value is -3.74. The zero-order valence-electron chi connectivity index (χ0n) is 19.3. The summed E-state index contributed by atoms with van der Waals surface area (Å²) in [5.41, 5.74) is 1.10. The molecule has 0 aliphatic carbocycles. The summed E-state index contributed by atoms with van der Waals surface area (Å²) in [4.78, 5) is 28.5. The first-order valence-electron chi connectivity index (χ1n) is 11.3. The van der Waals surface area contributed by atoms with Crippen LogP contribution < -0.4 is 4.72 Å². The predicted octanol–water partition coefficient (Wildman–Crippen LogP) is 2.29. The molecular formula is C26H26N4O4S. The fourth-order valence-corrected chi connectivity index (χ4v) is 5.46. The highest BCUT2D eigenvalue weighted by molar-refractivity contribution is 7.89. The van der Waals surface area contributed by atoms with Crippen LogP contribution in [-0.4, -0.2) is 62.3 Å². The van der Waals surface area contributed by atoms with Gasteiger partial charge in [0.05, 0.1) is 16.5 Å². The second-order valence-corrected chi connectivity index (χ2v) is 10.2. The van der Waals surface area contributed by atoms with Crippen LogP contribution in [-0.2, 0) is 26.0 Å². The van der Waals surface area contributed by atoms with Crippen molar-refractivity contribution in [1.29, 1.82) is 5.26 Å². The van der Waals surface area contributed by atoms with E-state index >= 15 is 0 Å². The van der Waals surface area contributed by atoms with E-state index in [9.17, 15) is 23.3 Å². The van der Waals surface area contributed by atoms with Gasteiger partial charge in [-0.1, -0.05) is 42.5 Å². The van der Waals surface area contributed by atoms with Gasteiger partial charge in [-0.25, -0.2) is 8.42 Å². The molecule has 0 radical (unpaired) electrons. The standard InChI is InChI=1S/C26H26N4O4S/c1-19(31)29-11-13-30(14-12-29)26(32)25(16-20-5-4-6-21(15-20)18-27)28-35(33,34)24-10-9-22-7-2-3-8-23(22)17-24/h2-10,15,17,25,28H,11-14,16H2,1H3/t25-/m1/s1. The Labute approximate surface area is 204 Å². The molecule has 1 N–H and O–H groups in total. The Kier molecular flexibility index (Phi) is 7.15. The van der Waals surface area contributed by atoms with Crippen LogP contribution in [0, 0.1) is 11.3 Å². The Morgan fingerprint density at radius 3 is 2.31 bits per heavy atom. The number of carbonyl (C=O) groups is 2. The quantitative estimate of drug-likeness (QED) is 0.570. The minimum absolute atomic E-state index is 0.0565. The fourth-order valence-electron chi connectivity index (χ4n) is 4.23. The number of piperazine rings is 1. The minimum Gasteiger partial charge on any atom is -0.339 e. The van der Waals surface area contributed by atoms with Crippen molar-refractivity contribution in [2.75, 3.05) is 26.2 Å². The molecule has 2 amide bonds. The number of nitriles is 1. The van der Waals surface area contributed by atoms with E-state index in [0.717, 1.165) is 10.8 Å². The van der Waals surface area contributed by atoms with E-state index in [4.69, 9.17) is 0 Å². The van der Waals surface area contributed by atoms with E-state index in [0.29, 0.717) is 37.3 Å². The highest BCUT2D eigenvalue weighted by Crippen LogP contribution is 2.20. The molecule has 9 heteroatoms. The van der Waals surface area contributed by atoms with Gasteiger partial charge in [0.15, 0.2) is 0 Å². The third kappa shape index (κ3) is 5.67. The van der Waals surface area contributed by atoms with Crippen LogP contribution in [0.5, 0.6) is 0 Å². The first kappa shape index (κ1) is 24.4. The summed E-state index contributed by atoms with van der Waals surface area (Å²) in [5, 5.41) is 10.9. The summed E-state index contributed by atoms with van der Waals surface area (Å²) >= 11 is 0. The third-order valence-corrected chi connectivity index (χ3v) is 7.63. The van der Waals surface area contributed by atoms with E-state index in [1.54, 1.807) is 46.2 Å². The number of hydrogen-bond acceptors (Lipinski definition) is 5. The number of amides is 2. The molecule has 4 rings (SSSR count). The Morgan fingerprint density at radius 2 is 1.63 bits per heavy atom. The molecule has 35 heavy (non-hydrogen) atoms. The van der Waals surface area contributed by atoms with Crippen LogP contribution in [0.4, 0.5) is 0 Å². The Morgan fingerprint density at radius 1 is 0.943 bits per heavy atom. The third-order valence-electron chi connectivity index (χ3n) is 6.16. The second kappa shape index (κ2) is 10.3. The van der Waals surface area contributed by atoms with Crippen LogP contribution in [0.3, 0.4) is 0 Å². The van der Waals surface area contributed by atoms with Gasteiger partial charge in [0.2, 0.25) is 21.8 Å². The Balaban J connectivity index is 1.61. The molecule has 0 bridgehead atoms. The van der Waals surface area contributed by atoms with Crippen molar-refractivity contribution in [3.8, 4) is 6.07 Å². The number of nitrogens with one attached hydrogen (secondary N) is 1. The second-order valence-electron chi connectivity index (χ2n) is 8.53. The molecule has 1 aliphatic heterocycles. The lowest BCUT2D eigenvalue weighted by atomic mass is 10.0. The predicted molar refractivity (Wildman–Crippen MR) is 132 cm³/mol. The topological polar surface area (TPSA) is 111 Å². The molecule has 8 nitrogen and oxygen atoms in total. The molecule has 1 saturated heterocycles. The zero-order chi connectivity index (χ0) is 25.0. The molecular weight excluding hydrogens is 464 g/mol.